The summed E-state index contributed by atoms with van der Waals surface area (Å²) < 4.78 is 10.8. The molecule has 0 aliphatic rings. The van der Waals surface area contributed by atoms with E-state index >= 15 is 0 Å². The Kier molecular flexibility index (Phi) is 5.68. The van der Waals surface area contributed by atoms with Crippen LogP contribution in [0.5, 0.6) is 5.75 Å². The molecule has 2 rings (SSSR count). The van der Waals surface area contributed by atoms with Gasteiger partial charge in [-0.15, -0.1) is 0 Å². The number of carbonyl (C=O) groups excluding carboxylic acids is 1. The number of carboxylic acids is 1. The van der Waals surface area contributed by atoms with Gasteiger partial charge in [-0.25, -0.2) is 0 Å². The van der Waals surface area contributed by atoms with Gasteiger partial charge in [-0.05, 0) is 36.8 Å². The van der Waals surface area contributed by atoms with E-state index in [-0.39, 0.29) is 10.8 Å². The molecule has 0 radical (unpaired) electrons. The number of rotatable bonds is 5. The monoisotopic (exact) mass is 388 g/mol. The maximum absolute atomic E-state index is 10.9. The van der Waals surface area contributed by atoms with Crippen molar-refractivity contribution in [1.82, 2.24) is 5.16 Å². The minimum absolute atomic E-state index is 0.260. The number of hydrogen-bond donors (Lipinski definition) is 1. The molecule has 1 N–H and O–H groups in total. The predicted octanol–water partition coefficient (Wildman–Crippen LogP) is 3.64. The normalized spacial score (nSPS) is 13.0. The van der Waals surface area contributed by atoms with Gasteiger partial charge in [0.25, 0.3) is 0 Å². The Morgan fingerprint density at radius 1 is 1.04 bits per heavy atom. The Hall–Kier alpha value is -2.34. The molecule has 0 bridgehead atoms. The first-order valence-corrected chi connectivity index (χ1v) is 9.32. The van der Waals surface area contributed by atoms with Crippen LogP contribution >= 0.6 is 0 Å². The summed E-state index contributed by atoms with van der Waals surface area (Å²) in [6, 6.07) is 5.57. The average Bonchev–Trinajstić information content (AvgIpc) is 3.02. The maximum atomic E-state index is 10.9. The topological polar surface area (TPSA) is 95.6 Å². The fraction of sp³-hybridized carbons (Fsp3) is 0.545. The maximum Gasteiger partial charge on any atom is 0.168 e. The second-order valence-corrected chi connectivity index (χ2v) is 9.67. The number of ether oxygens (including phenoxy) is 1. The van der Waals surface area contributed by atoms with Crippen LogP contribution in [0.15, 0.2) is 22.7 Å². The Balaban J connectivity index is 2.54. The largest absolute Gasteiger partial charge is 0.548 e. The number of carboxylic acid groups (broad SMARTS) is 1. The number of aromatic nitrogens is 1. The number of phenolic OH excluding ortho intramolecular Hbond substituents is 1. The highest BCUT2D eigenvalue weighted by atomic mass is 16.5. The number of hydrogen-bond acceptors (Lipinski definition) is 6. The molecule has 0 amide bonds. The Labute approximate surface area is 166 Å². The molecule has 0 saturated heterocycles. The van der Waals surface area contributed by atoms with Gasteiger partial charge in [-0.1, -0.05) is 46.7 Å². The van der Waals surface area contributed by atoms with Gasteiger partial charge in [0.1, 0.15) is 17.0 Å². The van der Waals surface area contributed by atoms with Crippen molar-refractivity contribution in [2.45, 2.75) is 71.8 Å². The van der Waals surface area contributed by atoms with Gasteiger partial charge in [0.2, 0.25) is 0 Å². The molecule has 6 heteroatoms. The third kappa shape index (κ3) is 4.73. The predicted molar refractivity (Wildman–Crippen MR) is 105 cm³/mol. The molecular formula is C22H30NO5-. The van der Waals surface area contributed by atoms with E-state index in [1.54, 1.807) is 19.9 Å². The zero-order valence-electron chi connectivity index (χ0n) is 18.0. The van der Waals surface area contributed by atoms with Crippen molar-refractivity contribution in [2.24, 2.45) is 0 Å². The molecule has 6 nitrogen and oxygen atoms in total. The first-order valence-electron chi connectivity index (χ1n) is 9.32. The van der Waals surface area contributed by atoms with Crippen molar-refractivity contribution in [1.29, 1.82) is 0 Å². The van der Waals surface area contributed by atoms with Crippen LogP contribution in [-0.2, 0) is 26.0 Å². The first-order chi connectivity index (χ1) is 12.6. The van der Waals surface area contributed by atoms with Gasteiger partial charge in [0.15, 0.2) is 5.76 Å². The summed E-state index contributed by atoms with van der Waals surface area (Å²) >= 11 is 0. The molecule has 0 aliphatic carbocycles. The van der Waals surface area contributed by atoms with Gasteiger partial charge >= 0.3 is 0 Å². The lowest BCUT2D eigenvalue weighted by atomic mass is 9.78. The highest BCUT2D eigenvalue weighted by Gasteiger charge is 2.30. The smallest absolute Gasteiger partial charge is 0.168 e. The Bertz CT molecular complexity index is 831. The van der Waals surface area contributed by atoms with E-state index in [9.17, 15) is 15.0 Å². The Morgan fingerprint density at radius 3 is 1.96 bits per heavy atom. The van der Waals surface area contributed by atoms with E-state index in [4.69, 9.17) is 9.26 Å². The van der Waals surface area contributed by atoms with Gasteiger partial charge in [0, 0.05) is 22.8 Å². The highest BCUT2D eigenvalue weighted by Crippen LogP contribution is 2.42. The number of benzene rings is 1. The summed E-state index contributed by atoms with van der Waals surface area (Å²) in [5, 5.41) is 25.7. The van der Waals surface area contributed by atoms with E-state index in [0.717, 1.165) is 16.7 Å². The van der Waals surface area contributed by atoms with E-state index in [1.165, 1.54) is 0 Å². The van der Waals surface area contributed by atoms with Crippen LogP contribution in [0.2, 0.25) is 0 Å². The summed E-state index contributed by atoms with van der Waals surface area (Å²) in [6.07, 6.45) is 0. The van der Waals surface area contributed by atoms with Crippen LogP contribution in [0, 0.1) is 0 Å². The molecule has 0 aliphatic heterocycles. The quantitative estimate of drug-likeness (QED) is 0.840. The third-order valence-corrected chi connectivity index (χ3v) is 4.68. The van der Waals surface area contributed by atoms with E-state index in [0.29, 0.717) is 17.2 Å². The highest BCUT2D eigenvalue weighted by molar-refractivity contribution is 5.67. The number of phenols is 1. The molecule has 2 aromatic rings. The SMILES string of the molecule is CC(C)(C)c1cc(-c2cc(C(C)(C)OCC(=O)[O-])on2)cc(C(C)(C)C)c1O. The minimum Gasteiger partial charge on any atom is -0.548 e. The lowest BCUT2D eigenvalue weighted by molar-refractivity contribution is -0.312. The molecule has 28 heavy (non-hydrogen) atoms. The van der Waals surface area contributed by atoms with Crippen molar-refractivity contribution in [2.75, 3.05) is 6.61 Å². The van der Waals surface area contributed by atoms with E-state index in [1.807, 2.05) is 53.7 Å². The zero-order chi connectivity index (χ0) is 21.5. The van der Waals surface area contributed by atoms with Gasteiger partial charge < -0.3 is 24.3 Å². The molecule has 1 heterocycles. The lowest BCUT2D eigenvalue weighted by Gasteiger charge is -2.28. The number of nitrogens with zero attached hydrogens (tertiary/aromatic N) is 1. The zero-order valence-corrected chi connectivity index (χ0v) is 18.0. The van der Waals surface area contributed by atoms with Gasteiger partial charge in [0.05, 0.1) is 12.6 Å². The number of aliphatic carboxylic acids is 1. The van der Waals surface area contributed by atoms with Crippen LogP contribution < -0.4 is 5.11 Å². The van der Waals surface area contributed by atoms with E-state index < -0.39 is 18.2 Å². The average molecular weight is 388 g/mol. The van der Waals surface area contributed by atoms with Crippen molar-refractivity contribution in [3.8, 4) is 17.0 Å². The molecule has 0 atom stereocenters. The summed E-state index contributed by atoms with van der Waals surface area (Å²) in [5.41, 5.74) is 1.57. The van der Waals surface area contributed by atoms with Crippen molar-refractivity contribution in [3.63, 3.8) is 0 Å². The molecular weight excluding hydrogens is 358 g/mol. The standard InChI is InChI=1S/C22H31NO5/c1-20(2,3)14-9-13(10-15(19(14)26)21(4,5)6)16-11-17(28-23-16)22(7,8)27-12-18(24)25/h9-11,26H,12H2,1-8H3,(H,24,25)/p-1. The number of carbonyl (C=O) groups is 1. The van der Waals surface area contributed by atoms with Crippen LogP contribution in [0.25, 0.3) is 11.3 Å². The molecule has 154 valence electrons. The molecule has 1 aromatic heterocycles. The fourth-order valence-electron chi connectivity index (χ4n) is 2.93. The van der Waals surface area contributed by atoms with E-state index in [2.05, 4.69) is 5.16 Å². The summed E-state index contributed by atoms with van der Waals surface area (Å²) in [7, 11) is 0. The Morgan fingerprint density at radius 2 is 1.54 bits per heavy atom. The van der Waals surface area contributed by atoms with Crippen LogP contribution in [0.3, 0.4) is 0 Å². The van der Waals surface area contributed by atoms with Crippen LogP contribution in [0.1, 0.15) is 72.3 Å². The molecule has 0 saturated carbocycles. The van der Waals surface area contributed by atoms with Gasteiger partial charge in [-0.2, -0.15) is 0 Å². The summed E-state index contributed by atoms with van der Waals surface area (Å²) in [4.78, 5) is 10.7. The fourth-order valence-corrected chi connectivity index (χ4v) is 2.93. The third-order valence-electron chi connectivity index (χ3n) is 4.68. The van der Waals surface area contributed by atoms with Crippen molar-refractivity contribution in [3.05, 3.63) is 35.1 Å². The summed E-state index contributed by atoms with van der Waals surface area (Å²) in [5.74, 6) is -0.590. The molecule has 1 aromatic carbocycles. The molecule has 0 spiro atoms. The molecule has 0 unspecified atom stereocenters. The number of aromatic hydroxyl groups is 1. The molecule has 0 fully saturated rings. The second kappa shape index (κ2) is 7.24. The first kappa shape index (κ1) is 22.0. The lowest BCUT2D eigenvalue weighted by Crippen LogP contribution is -2.32. The van der Waals surface area contributed by atoms with Gasteiger partial charge in [-0.3, -0.25) is 0 Å². The van der Waals surface area contributed by atoms with Crippen LogP contribution in [-0.4, -0.2) is 22.8 Å². The van der Waals surface area contributed by atoms with Crippen LogP contribution in [0.4, 0.5) is 0 Å². The summed E-state index contributed by atoms with van der Waals surface area (Å²) in [6.45, 7) is 15.1. The minimum atomic E-state index is -1.30. The van der Waals surface area contributed by atoms with Crippen molar-refractivity contribution >= 4 is 5.97 Å². The second-order valence-electron chi connectivity index (χ2n) is 9.67. The van der Waals surface area contributed by atoms with Crippen molar-refractivity contribution < 1.29 is 24.3 Å².